The minimum absolute atomic E-state index is 0.0692. The van der Waals surface area contributed by atoms with E-state index in [9.17, 15) is 0 Å². The fourth-order valence-corrected chi connectivity index (χ4v) is 5.95. The summed E-state index contributed by atoms with van der Waals surface area (Å²) < 4.78 is 13.3. The molecule has 0 saturated heterocycles. The Kier molecular flexibility index (Phi) is 8.22. The molecule has 0 aliphatic carbocycles. The lowest BCUT2D eigenvalue weighted by Gasteiger charge is -2.22. The lowest BCUT2D eigenvalue weighted by atomic mass is 10.0. The molecule has 2 aromatic rings. The first-order chi connectivity index (χ1) is 16.6. The van der Waals surface area contributed by atoms with E-state index in [0.717, 1.165) is 23.3 Å². The standard InChI is InChI=1S/C29H38N2O2S2/c1-28(2,3)34-18-22-26(20-13-9-7-10-14-20)32-24(30-22)17-25-31-23(19-35-29(4,5)6)27(33-25)21-15-11-8-12-16-21/h7-16,22-23,26-27H,17-19H2,1-6H3/t22-,23-,26-,27-/m0/s1. The zero-order valence-corrected chi connectivity index (χ0v) is 23.4. The Morgan fingerprint density at radius 2 is 1.00 bits per heavy atom. The third-order valence-corrected chi connectivity index (χ3v) is 8.53. The van der Waals surface area contributed by atoms with E-state index < -0.39 is 0 Å². The third-order valence-electron chi connectivity index (χ3n) is 5.78. The minimum Gasteiger partial charge on any atom is -0.470 e. The summed E-state index contributed by atoms with van der Waals surface area (Å²) in [4.78, 5) is 10.1. The molecule has 188 valence electrons. The van der Waals surface area contributed by atoms with Gasteiger partial charge < -0.3 is 9.47 Å². The van der Waals surface area contributed by atoms with E-state index in [4.69, 9.17) is 19.5 Å². The summed E-state index contributed by atoms with van der Waals surface area (Å²) >= 11 is 3.86. The number of hydrogen-bond donors (Lipinski definition) is 0. The highest BCUT2D eigenvalue weighted by Gasteiger charge is 2.37. The molecular weight excluding hydrogens is 472 g/mol. The van der Waals surface area contributed by atoms with Crippen LogP contribution >= 0.6 is 23.5 Å². The lowest BCUT2D eigenvalue weighted by Crippen LogP contribution is -2.20. The van der Waals surface area contributed by atoms with Crippen molar-refractivity contribution in [2.45, 2.75) is 81.7 Å². The SMILES string of the molecule is CC(C)(C)SC[C@@H]1N=C(CC2=N[C@@H](CSC(C)(C)C)[C@H](c3ccccc3)O2)O[C@H]1c1ccccc1. The van der Waals surface area contributed by atoms with E-state index in [-0.39, 0.29) is 33.8 Å². The van der Waals surface area contributed by atoms with Crippen LogP contribution in [-0.2, 0) is 9.47 Å². The molecule has 2 aliphatic rings. The molecule has 4 rings (SSSR count). The molecule has 0 fully saturated rings. The second kappa shape index (κ2) is 11.0. The van der Waals surface area contributed by atoms with Crippen LogP contribution in [0.4, 0.5) is 0 Å². The van der Waals surface area contributed by atoms with Crippen molar-refractivity contribution in [2.24, 2.45) is 9.98 Å². The first kappa shape index (κ1) is 26.2. The van der Waals surface area contributed by atoms with E-state index in [0.29, 0.717) is 6.42 Å². The highest BCUT2D eigenvalue weighted by Crippen LogP contribution is 2.38. The highest BCUT2D eigenvalue weighted by molar-refractivity contribution is 8.00. The normalized spacial score (nSPS) is 24.5. The molecule has 0 N–H and O–H groups in total. The van der Waals surface area contributed by atoms with Gasteiger partial charge in [0.25, 0.3) is 0 Å². The van der Waals surface area contributed by atoms with Gasteiger partial charge in [-0.3, -0.25) is 0 Å². The van der Waals surface area contributed by atoms with Crippen LogP contribution in [0.3, 0.4) is 0 Å². The number of thioether (sulfide) groups is 2. The Balaban J connectivity index is 1.50. The van der Waals surface area contributed by atoms with Gasteiger partial charge in [0.2, 0.25) is 0 Å². The molecule has 4 nitrogen and oxygen atoms in total. The van der Waals surface area contributed by atoms with Gasteiger partial charge in [0.1, 0.15) is 24.3 Å². The fourth-order valence-electron chi connectivity index (χ4n) is 4.11. The Bertz CT molecular complexity index is 943. The van der Waals surface area contributed by atoms with Gasteiger partial charge in [0, 0.05) is 21.0 Å². The van der Waals surface area contributed by atoms with Crippen LogP contribution in [0, 0.1) is 0 Å². The summed E-state index contributed by atoms with van der Waals surface area (Å²) in [6.45, 7) is 13.5. The molecule has 6 heteroatoms. The van der Waals surface area contributed by atoms with E-state index in [1.54, 1.807) is 0 Å². The number of ether oxygens (including phenoxy) is 2. The van der Waals surface area contributed by atoms with Crippen molar-refractivity contribution < 1.29 is 9.47 Å². The largest absolute Gasteiger partial charge is 0.470 e. The zero-order chi connectivity index (χ0) is 25.1. The predicted octanol–water partition coefficient (Wildman–Crippen LogP) is 7.52. The molecule has 0 aromatic heterocycles. The Labute approximate surface area is 219 Å². The third kappa shape index (κ3) is 7.53. The van der Waals surface area contributed by atoms with Crippen LogP contribution < -0.4 is 0 Å². The second-order valence-electron chi connectivity index (χ2n) is 11.1. The highest BCUT2D eigenvalue weighted by atomic mass is 32.2. The first-order valence-electron chi connectivity index (χ1n) is 12.4. The van der Waals surface area contributed by atoms with Crippen LogP contribution in [0.5, 0.6) is 0 Å². The van der Waals surface area contributed by atoms with Crippen molar-refractivity contribution in [3.05, 3.63) is 71.8 Å². The van der Waals surface area contributed by atoms with Crippen molar-refractivity contribution in [1.82, 2.24) is 0 Å². The Morgan fingerprint density at radius 3 is 1.34 bits per heavy atom. The predicted molar refractivity (Wildman–Crippen MR) is 152 cm³/mol. The molecule has 0 bridgehead atoms. The van der Waals surface area contributed by atoms with Gasteiger partial charge in [-0.1, -0.05) is 102 Å². The molecule has 35 heavy (non-hydrogen) atoms. The van der Waals surface area contributed by atoms with E-state index in [1.807, 2.05) is 35.7 Å². The van der Waals surface area contributed by atoms with E-state index in [2.05, 4.69) is 90.1 Å². The van der Waals surface area contributed by atoms with E-state index in [1.165, 1.54) is 11.1 Å². The quantitative estimate of drug-likeness (QED) is 0.368. The molecule has 0 spiro atoms. The Morgan fingerprint density at radius 1 is 0.629 bits per heavy atom. The van der Waals surface area contributed by atoms with Crippen LogP contribution in [0.2, 0.25) is 0 Å². The maximum atomic E-state index is 6.45. The number of hydrogen-bond acceptors (Lipinski definition) is 6. The number of aliphatic imine (C=N–C) groups is 2. The van der Waals surface area contributed by atoms with Crippen molar-refractivity contribution in [3.8, 4) is 0 Å². The second-order valence-corrected chi connectivity index (χ2v) is 14.8. The smallest absolute Gasteiger partial charge is 0.193 e. The molecule has 0 unspecified atom stereocenters. The molecule has 2 aliphatic heterocycles. The van der Waals surface area contributed by atoms with Gasteiger partial charge in [0.15, 0.2) is 11.8 Å². The summed E-state index contributed by atoms with van der Waals surface area (Å²) in [6, 6.07) is 21.0. The van der Waals surface area contributed by atoms with Gasteiger partial charge in [-0.15, -0.1) is 0 Å². The van der Waals surface area contributed by atoms with Gasteiger partial charge >= 0.3 is 0 Å². The topological polar surface area (TPSA) is 43.2 Å². The molecular formula is C29H38N2O2S2. The van der Waals surface area contributed by atoms with Crippen molar-refractivity contribution in [2.75, 3.05) is 11.5 Å². The summed E-state index contributed by atoms with van der Waals surface area (Å²) in [5.74, 6) is 3.29. The molecule has 2 aromatic carbocycles. The van der Waals surface area contributed by atoms with Crippen molar-refractivity contribution >= 4 is 35.3 Å². The summed E-state index contributed by atoms with van der Waals surface area (Å²) in [5, 5.41) is 0. The van der Waals surface area contributed by atoms with E-state index >= 15 is 0 Å². The summed E-state index contributed by atoms with van der Waals surface area (Å²) in [5.41, 5.74) is 2.34. The maximum Gasteiger partial charge on any atom is 0.193 e. The molecule has 4 atom stereocenters. The summed E-state index contributed by atoms with van der Waals surface area (Å²) in [6.07, 6.45) is 0.362. The van der Waals surface area contributed by atoms with Crippen molar-refractivity contribution in [1.29, 1.82) is 0 Å². The van der Waals surface area contributed by atoms with Crippen LogP contribution in [0.25, 0.3) is 0 Å². The molecule has 0 saturated carbocycles. The molecule has 0 amide bonds. The maximum absolute atomic E-state index is 6.45. The van der Waals surface area contributed by atoms with Gasteiger partial charge in [-0.25, -0.2) is 9.98 Å². The summed E-state index contributed by atoms with van der Waals surface area (Å²) in [7, 11) is 0. The Hall–Kier alpha value is -1.92. The average Bonchev–Trinajstić information content (AvgIpc) is 3.40. The minimum atomic E-state index is -0.0692. The number of benzene rings is 2. The first-order valence-corrected chi connectivity index (χ1v) is 14.4. The van der Waals surface area contributed by atoms with Crippen LogP contribution in [0.15, 0.2) is 70.6 Å². The van der Waals surface area contributed by atoms with Crippen LogP contribution in [-0.4, -0.2) is 44.9 Å². The van der Waals surface area contributed by atoms with Crippen molar-refractivity contribution in [3.63, 3.8) is 0 Å². The molecule has 0 radical (unpaired) electrons. The van der Waals surface area contributed by atoms with Gasteiger partial charge in [0.05, 0.1) is 6.42 Å². The van der Waals surface area contributed by atoms with Gasteiger partial charge in [-0.05, 0) is 11.1 Å². The monoisotopic (exact) mass is 510 g/mol. The molecule has 2 heterocycles. The average molecular weight is 511 g/mol. The zero-order valence-electron chi connectivity index (χ0n) is 21.7. The van der Waals surface area contributed by atoms with Gasteiger partial charge in [-0.2, -0.15) is 23.5 Å². The van der Waals surface area contributed by atoms with Crippen LogP contribution in [0.1, 0.15) is 71.3 Å². The fraction of sp³-hybridized carbons (Fsp3) is 0.517. The number of nitrogens with zero attached hydrogens (tertiary/aromatic N) is 2. The lowest BCUT2D eigenvalue weighted by molar-refractivity contribution is 0.189. The number of rotatable bonds is 8.